The van der Waals surface area contributed by atoms with Crippen LogP contribution in [-0.4, -0.2) is 18.0 Å². The van der Waals surface area contributed by atoms with Crippen LogP contribution in [0.5, 0.6) is 0 Å². The molecule has 0 bridgehead atoms. The summed E-state index contributed by atoms with van der Waals surface area (Å²) in [4.78, 5) is 12.4. The standard InChI is InChI=1S/C33H29N3Si/c1-37(2,3)31-22-13-21-30(35-31)36(24-14-5-4-6-15-24)33-27-18-9-7-16-25(27)32(29-20-11-12-23-34-29)26-17-8-10-19-28(26)33/h4-23H,1-3H3. The molecule has 4 heteroatoms. The van der Waals surface area contributed by atoms with Crippen LogP contribution in [-0.2, 0) is 0 Å². The SMILES string of the molecule is C[Si](C)(C)c1cccc(N(c2ccccc2)c2c3ccccc3c(-c3ccccn3)c3ccccc23)n1. The highest BCUT2D eigenvalue weighted by Crippen LogP contribution is 2.46. The van der Waals surface area contributed by atoms with E-state index in [0.29, 0.717) is 0 Å². The van der Waals surface area contributed by atoms with Crippen molar-refractivity contribution in [1.82, 2.24) is 9.97 Å². The summed E-state index contributed by atoms with van der Waals surface area (Å²) < 4.78 is 0. The lowest BCUT2D eigenvalue weighted by atomic mass is 9.92. The summed E-state index contributed by atoms with van der Waals surface area (Å²) in [7, 11) is -1.62. The quantitative estimate of drug-likeness (QED) is 0.177. The van der Waals surface area contributed by atoms with Gasteiger partial charge in [-0.25, -0.2) is 4.98 Å². The number of aromatic nitrogens is 2. The van der Waals surface area contributed by atoms with Crippen molar-refractivity contribution in [2.75, 3.05) is 4.90 Å². The highest BCUT2D eigenvalue weighted by atomic mass is 28.3. The lowest BCUT2D eigenvalue weighted by Crippen LogP contribution is -2.40. The lowest BCUT2D eigenvalue weighted by molar-refractivity contribution is 1.21. The maximum atomic E-state index is 5.27. The molecule has 0 atom stereocenters. The molecule has 0 saturated heterocycles. The van der Waals surface area contributed by atoms with Gasteiger partial charge in [0.05, 0.1) is 11.4 Å². The summed E-state index contributed by atoms with van der Waals surface area (Å²) in [6.45, 7) is 7.04. The maximum Gasteiger partial charge on any atom is 0.137 e. The second kappa shape index (κ2) is 9.30. The zero-order chi connectivity index (χ0) is 25.4. The smallest absolute Gasteiger partial charge is 0.137 e. The third-order valence-corrected chi connectivity index (χ3v) is 8.61. The van der Waals surface area contributed by atoms with Crippen LogP contribution in [0.4, 0.5) is 17.2 Å². The fourth-order valence-electron chi connectivity index (χ4n) is 5.05. The zero-order valence-electron chi connectivity index (χ0n) is 21.4. The van der Waals surface area contributed by atoms with Crippen LogP contribution in [0.3, 0.4) is 0 Å². The molecular weight excluding hydrogens is 466 g/mol. The highest BCUT2D eigenvalue weighted by molar-refractivity contribution is 6.88. The van der Waals surface area contributed by atoms with Crippen molar-refractivity contribution in [2.24, 2.45) is 0 Å². The first-order chi connectivity index (χ1) is 18.0. The normalized spacial score (nSPS) is 11.6. The van der Waals surface area contributed by atoms with E-state index in [-0.39, 0.29) is 0 Å². The molecule has 4 aromatic carbocycles. The summed E-state index contributed by atoms with van der Waals surface area (Å²) in [6, 6.07) is 40.5. The van der Waals surface area contributed by atoms with Gasteiger partial charge in [-0.15, -0.1) is 0 Å². The van der Waals surface area contributed by atoms with E-state index in [1.165, 1.54) is 26.9 Å². The van der Waals surface area contributed by atoms with Crippen molar-refractivity contribution in [1.29, 1.82) is 0 Å². The molecule has 0 radical (unpaired) electrons. The van der Waals surface area contributed by atoms with Crippen LogP contribution in [0, 0.1) is 0 Å². The predicted octanol–water partition coefficient (Wildman–Crippen LogP) is 8.47. The van der Waals surface area contributed by atoms with Crippen molar-refractivity contribution >= 4 is 52.1 Å². The molecule has 2 heterocycles. The molecule has 3 nitrogen and oxygen atoms in total. The first-order valence-electron chi connectivity index (χ1n) is 12.7. The molecule has 0 spiro atoms. The van der Waals surface area contributed by atoms with Gasteiger partial charge in [0.1, 0.15) is 13.9 Å². The number of nitrogens with zero attached hydrogens (tertiary/aromatic N) is 3. The summed E-state index contributed by atoms with van der Waals surface area (Å²) >= 11 is 0. The second-order valence-electron chi connectivity index (χ2n) is 10.3. The van der Waals surface area contributed by atoms with Crippen LogP contribution < -0.4 is 10.2 Å². The second-order valence-corrected chi connectivity index (χ2v) is 15.3. The molecule has 0 fully saturated rings. The molecule has 0 saturated carbocycles. The van der Waals surface area contributed by atoms with E-state index < -0.39 is 8.07 Å². The summed E-state index contributed by atoms with van der Waals surface area (Å²) in [5.41, 5.74) is 4.36. The average molecular weight is 496 g/mol. The van der Waals surface area contributed by atoms with Crippen LogP contribution in [0.2, 0.25) is 19.6 Å². The molecular formula is C33H29N3Si. The molecule has 180 valence electrons. The number of fused-ring (bicyclic) bond motifs is 2. The minimum absolute atomic E-state index is 0.937. The minimum atomic E-state index is -1.62. The number of anilines is 3. The largest absolute Gasteiger partial charge is 0.294 e. The molecule has 6 rings (SSSR count). The van der Waals surface area contributed by atoms with E-state index in [2.05, 4.69) is 134 Å². The molecule has 0 aliphatic carbocycles. The van der Waals surface area contributed by atoms with Gasteiger partial charge in [-0.3, -0.25) is 9.88 Å². The Hall–Kier alpha value is -4.28. The van der Waals surface area contributed by atoms with E-state index >= 15 is 0 Å². The Morgan fingerprint density at radius 2 is 1.16 bits per heavy atom. The summed E-state index contributed by atoms with van der Waals surface area (Å²) in [5, 5.41) is 5.90. The fraction of sp³-hybridized carbons (Fsp3) is 0.0909. The van der Waals surface area contributed by atoms with Gasteiger partial charge >= 0.3 is 0 Å². The average Bonchev–Trinajstić information content (AvgIpc) is 2.94. The third kappa shape index (κ3) is 4.19. The Balaban J connectivity index is 1.75. The third-order valence-electron chi connectivity index (χ3n) is 6.79. The van der Waals surface area contributed by atoms with Gasteiger partial charge in [-0.1, -0.05) is 98.5 Å². The van der Waals surface area contributed by atoms with Crippen LogP contribution >= 0.6 is 0 Å². The first-order valence-corrected chi connectivity index (χ1v) is 16.2. The molecule has 0 N–H and O–H groups in total. The topological polar surface area (TPSA) is 29.0 Å². The summed E-state index contributed by atoms with van der Waals surface area (Å²) in [6.07, 6.45) is 1.87. The molecule has 0 unspecified atom stereocenters. The van der Waals surface area contributed by atoms with Gasteiger partial charge in [-0.2, -0.15) is 0 Å². The number of para-hydroxylation sites is 1. The van der Waals surface area contributed by atoms with Crippen molar-refractivity contribution in [3.8, 4) is 11.3 Å². The highest BCUT2D eigenvalue weighted by Gasteiger charge is 2.25. The lowest BCUT2D eigenvalue weighted by Gasteiger charge is -2.29. The van der Waals surface area contributed by atoms with Crippen LogP contribution in [0.1, 0.15) is 0 Å². The van der Waals surface area contributed by atoms with E-state index in [9.17, 15) is 0 Å². The van der Waals surface area contributed by atoms with Gasteiger partial charge in [-0.05, 0) is 47.2 Å². The minimum Gasteiger partial charge on any atom is -0.294 e. The number of hydrogen-bond acceptors (Lipinski definition) is 3. The Morgan fingerprint density at radius 1 is 0.568 bits per heavy atom. The maximum absolute atomic E-state index is 5.27. The number of pyridine rings is 2. The van der Waals surface area contributed by atoms with Crippen molar-refractivity contribution in [3.63, 3.8) is 0 Å². The zero-order valence-corrected chi connectivity index (χ0v) is 22.4. The van der Waals surface area contributed by atoms with Crippen molar-refractivity contribution < 1.29 is 0 Å². The molecule has 0 amide bonds. The van der Waals surface area contributed by atoms with Gasteiger partial charge in [0.15, 0.2) is 0 Å². The van der Waals surface area contributed by atoms with E-state index in [1.807, 2.05) is 12.3 Å². The van der Waals surface area contributed by atoms with Gasteiger partial charge in [0.25, 0.3) is 0 Å². The number of hydrogen-bond donors (Lipinski definition) is 0. The molecule has 0 aliphatic rings. The Labute approximate surface area is 219 Å². The molecule has 2 aromatic heterocycles. The Bertz CT molecular complexity index is 1650. The number of benzene rings is 4. The van der Waals surface area contributed by atoms with Gasteiger partial charge in [0.2, 0.25) is 0 Å². The van der Waals surface area contributed by atoms with E-state index in [4.69, 9.17) is 9.97 Å². The van der Waals surface area contributed by atoms with Crippen LogP contribution in [0.15, 0.2) is 121 Å². The first kappa shape index (κ1) is 23.1. The molecule has 6 aromatic rings. The van der Waals surface area contributed by atoms with Crippen molar-refractivity contribution in [2.45, 2.75) is 19.6 Å². The van der Waals surface area contributed by atoms with Crippen molar-refractivity contribution in [3.05, 3.63) is 121 Å². The molecule has 37 heavy (non-hydrogen) atoms. The van der Waals surface area contributed by atoms with Gasteiger partial charge in [0, 0.05) is 33.5 Å². The van der Waals surface area contributed by atoms with Crippen LogP contribution in [0.25, 0.3) is 32.8 Å². The fourth-order valence-corrected chi connectivity index (χ4v) is 6.10. The Kier molecular flexibility index (Phi) is 5.82. The summed E-state index contributed by atoms with van der Waals surface area (Å²) in [5.74, 6) is 0.937. The predicted molar refractivity (Wildman–Crippen MR) is 160 cm³/mol. The van der Waals surface area contributed by atoms with E-state index in [1.54, 1.807) is 0 Å². The van der Waals surface area contributed by atoms with Gasteiger partial charge < -0.3 is 0 Å². The monoisotopic (exact) mass is 495 g/mol. The van der Waals surface area contributed by atoms with E-state index in [0.717, 1.165) is 28.5 Å². The Morgan fingerprint density at radius 3 is 1.76 bits per heavy atom. The molecule has 0 aliphatic heterocycles. The number of rotatable bonds is 5.